The van der Waals surface area contributed by atoms with Crippen LogP contribution in [0.2, 0.25) is 0 Å². The summed E-state index contributed by atoms with van der Waals surface area (Å²) in [6.45, 7) is 4.43. The fourth-order valence-corrected chi connectivity index (χ4v) is 0.553. The van der Waals surface area contributed by atoms with E-state index in [1.54, 1.807) is 0 Å². The van der Waals surface area contributed by atoms with Gasteiger partial charge in [-0.3, -0.25) is 0 Å². The summed E-state index contributed by atoms with van der Waals surface area (Å²) in [6.07, 6.45) is 7.57. The van der Waals surface area contributed by atoms with Gasteiger partial charge < -0.3 is 17.3 Å². The third-order valence-electron chi connectivity index (χ3n) is 0.986. The Morgan fingerprint density at radius 2 is 1.17 bits per heavy atom. The summed E-state index contributed by atoms with van der Waals surface area (Å²) in [5, 5.41) is 0. The van der Waals surface area contributed by atoms with Crippen molar-refractivity contribution >= 4 is 7.25 Å². The molecule has 0 aromatic rings. The SMILES string of the molecule is CCC[CH]CCC.F[B-](F)(F)F. The maximum atomic E-state index is 9.75. The molecule has 0 N–H and O–H groups in total. The minimum absolute atomic E-state index is 1.30. The van der Waals surface area contributed by atoms with Crippen LogP contribution in [-0.2, 0) is 0 Å². The molecule has 12 heavy (non-hydrogen) atoms. The first-order chi connectivity index (χ1) is 5.41. The van der Waals surface area contributed by atoms with Gasteiger partial charge in [0.1, 0.15) is 0 Å². The van der Waals surface area contributed by atoms with E-state index in [1.165, 1.54) is 25.7 Å². The van der Waals surface area contributed by atoms with Crippen LogP contribution in [-0.4, -0.2) is 7.25 Å². The molecule has 1 radical (unpaired) electrons. The highest BCUT2D eigenvalue weighted by atomic mass is 19.5. The van der Waals surface area contributed by atoms with Gasteiger partial charge in [0, 0.05) is 0 Å². The van der Waals surface area contributed by atoms with Crippen LogP contribution in [0.4, 0.5) is 17.3 Å². The van der Waals surface area contributed by atoms with Crippen LogP contribution in [0.5, 0.6) is 0 Å². The van der Waals surface area contributed by atoms with E-state index in [-0.39, 0.29) is 0 Å². The van der Waals surface area contributed by atoms with Crippen LogP contribution in [0.3, 0.4) is 0 Å². The van der Waals surface area contributed by atoms with E-state index in [1.807, 2.05) is 0 Å². The molecule has 0 heterocycles. The van der Waals surface area contributed by atoms with Gasteiger partial charge in [0.2, 0.25) is 0 Å². The second-order valence-electron chi connectivity index (χ2n) is 2.36. The van der Waals surface area contributed by atoms with E-state index in [0.29, 0.717) is 0 Å². The van der Waals surface area contributed by atoms with Gasteiger partial charge in [-0.1, -0.05) is 39.5 Å². The standard InChI is InChI=1S/C7H15.BF4/c1-3-5-7-6-4-2;2-1(3,4)5/h7H,3-6H2,1-2H3;/q;-1. The lowest BCUT2D eigenvalue weighted by molar-refractivity contribution is 0.368. The van der Waals surface area contributed by atoms with E-state index >= 15 is 0 Å². The van der Waals surface area contributed by atoms with Crippen molar-refractivity contribution in [1.82, 2.24) is 0 Å². The molecule has 0 saturated heterocycles. The molecule has 0 bridgehead atoms. The third kappa shape index (κ3) is 52.7. The zero-order chi connectivity index (χ0) is 10.0. The first-order valence-electron chi connectivity index (χ1n) is 4.10. The van der Waals surface area contributed by atoms with Gasteiger partial charge in [-0.25, -0.2) is 0 Å². The fraction of sp³-hybridized carbons (Fsp3) is 0.857. The molecule has 0 amide bonds. The number of halogens is 4. The third-order valence-corrected chi connectivity index (χ3v) is 0.986. The maximum absolute atomic E-state index is 9.75. The predicted molar refractivity (Wildman–Crippen MR) is 44.3 cm³/mol. The van der Waals surface area contributed by atoms with Crippen molar-refractivity contribution in [3.8, 4) is 0 Å². The summed E-state index contributed by atoms with van der Waals surface area (Å²) < 4.78 is 39.0. The Labute approximate surface area is 71.5 Å². The van der Waals surface area contributed by atoms with E-state index < -0.39 is 7.25 Å². The van der Waals surface area contributed by atoms with Crippen LogP contribution in [0.15, 0.2) is 0 Å². The monoisotopic (exact) mass is 186 g/mol. The van der Waals surface area contributed by atoms with Gasteiger partial charge in [0.05, 0.1) is 0 Å². The molecule has 0 aliphatic rings. The lowest BCUT2D eigenvalue weighted by Crippen LogP contribution is -2.02. The fourth-order valence-electron chi connectivity index (χ4n) is 0.553. The highest BCUT2D eigenvalue weighted by Gasteiger charge is 2.20. The topological polar surface area (TPSA) is 0 Å². The van der Waals surface area contributed by atoms with E-state index in [2.05, 4.69) is 20.3 Å². The number of hydrogen-bond acceptors (Lipinski definition) is 0. The summed E-state index contributed by atoms with van der Waals surface area (Å²) >= 11 is 0. The van der Waals surface area contributed by atoms with Crippen molar-refractivity contribution in [1.29, 1.82) is 0 Å². The van der Waals surface area contributed by atoms with Crippen molar-refractivity contribution in [2.45, 2.75) is 39.5 Å². The van der Waals surface area contributed by atoms with Crippen LogP contribution < -0.4 is 0 Å². The summed E-state index contributed by atoms with van der Waals surface area (Å²) in [6, 6.07) is 0. The number of hydrogen-bond donors (Lipinski definition) is 0. The highest BCUT2D eigenvalue weighted by molar-refractivity contribution is 6.50. The predicted octanol–water partition coefficient (Wildman–Crippen LogP) is 4.09. The van der Waals surface area contributed by atoms with E-state index in [9.17, 15) is 17.3 Å². The van der Waals surface area contributed by atoms with Crippen molar-refractivity contribution in [3.05, 3.63) is 6.42 Å². The van der Waals surface area contributed by atoms with Crippen molar-refractivity contribution in [3.63, 3.8) is 0 Å². The molecule has 0 atom stereocenters. The average Bonchev–Trinajstić information content (AvgIpc) is 1.85. The van der Waals surface area contributed by atoms with Gasteiger partial charge >= 0.3 is 7.25 Å². The Balaban J connectivity index is 0. The van der Waals surface area contributed by atoms with Crippen LogP contribution in [0.1, 0.15) is 39.5 Å². The normalized spacial score (nSPS) is 10.5. The second kappa shape index (κ2) is 8.88. The van der Waals surface area contributed by atoms with Crippen molar-refractivity contribution in [2.75, 3.05) is 0 Å². The Morgan fingerprint density at radius 1 is 0.917 bits per heavy atom. The molecule has 0 spiro atoms. The molecule has 0 fully saturated rings. The molecule has 0 aromatic carbocycles. The second-order valence-corrected chi connectivity index (χ2v) is 2.36. The number of rotatable bonds is 4. The van der Waals surface area contributed by atoms with E-state index in [4.69, 9.17) is 0 Å². The minimum Gasteiger partial charge on any atom is -0.418 e. The lowest BCUT2D eigenvalue weighted by Gasteiger charge is -1.94. The van der Waals surface area contributed by atoms with Gasteiger partial charge in [-0.05, 0) is 6.42 Å². The lowest BCUT2D eigenvalue weighted by atomic mass is 10.2. The Hall–Kier alpha value is -0.215. The zero-order valence-electron chi connectivity index (χ0n) is 7.49. The quantitative estimate of drug-likeness (QED) is 0.352. The summed E-state index contributed by atoms with van der Waals surface area (Å²) in [5.74, 6) is 0. The Morgan fingerprint density at radius 3 is 1.33 bits per heavy atom. The summed E-state index contributed by atoms with van der Waals surface area (Å²) in [5.41, 5.74) is 0. The molecule has 0 aliphatic carbocycles. The van der Waals surface area contributed by atoms with Crippen LogP contribution in [0.25, 0.3) is 0 Å². The van der Waals surface area contributed by atoms with Crippen molar-refractivity contribution in [2.24, 2.45) is 0 Å². The minimum atomic E-state index is -6.00. The molecule has 0 nitrogen and oxygen atoms in total. The molecule has 0 unspecified atom stereocenters. The molecule has 5 heteroatoms. The van der Waals surface area contributed by atoms with E-state index in [0.717, 1.165) is 0 Å². The maximum Gasteiger partial charge on any atom is 0.673 e. The van der Waals surface area contributed by atoms with Crippen molar-refractivity contribution < 1.29 is 17.3 Å². The zero-order valence-corrected chi connectivity index (χ0v) is 7.49. The highest BCUT2D eigenvalue weighted by Crippen LogP contribution is 2.06. The summed E-state index contributed by atoms with van der Waals surface area (Å²) in [7, 11) is -6.00. The van der Waals surface area contributed by atoms with Crippen LogP contribution >= 0.6 is 0 Å². The molecule has 0 aromatic heterocycles. The smallest absolute Gasteiger partial charge is 0.418 e. The molecule has 75 valence electrons. The average molecular weight is 186 g/mol. The Bertz CT molecular complexity index is 72.0. The number of unbranched alkanes of at least 4 members (excludes halogenated alkanes) is 4. The molecule has 0 rings (SSSR count). The molecular weight excluding hydrogens is 171 g/mol. The molecular formula is C7H15BF4-. The summed E-state index contributed by atoms with van der Waals surface area (Å²) in [4.78, 5) is 0. The largest absolute Gasteiger partial charge is 0.673 e. The molecule has 0 saturated carbocycles. The van der Waals surface area contributed by atoms with Gasteiger partial charge in [-0.2, -0.15) is 0 Å². The Kier molecular flexibility index (Phi) is 10.6. The van der Waals surface area contributed by atoms with Gasteiger partial charge in [-0.15, -0.1) is 0 Å². The first-order valence-corrected chi connectivity index (χ1v) is 4.10. The van der Waals surface area contributed by atoms with Crippen LogP contribution in [0, 0.1) is 6.42 Å². The van der Waals surface area contributed by atoms with Gasteiger partial charge in [0.25, 0.3) is 0 Å². The first kappa shape index (κ1) is 14.3. The molecule has 0 aliphatic heterocycles. The van der Waals surface area contributed by atoms with Gasteiger partial charge in [0.15, 0.2) is 0 Å².